The number of amides is 2. The van der Waals surface area contributed by atoms with E-state index in [4.69, 9.17) is 5.73 Å². The number of primary amides is 1. The number of nitrogens with zero attached hydrogens (tertiary/aromatic N) is 5. The molecular formula is C20H17BrF3N7O2S. The number of halogens is 4. The van der Waals surface area contributed by atoms with Crippen molar-refractivity contribution in [2.24, 2.45) is 12.8 Å². The molecule has 0 bridgehead atoms. The van der Waals surface area contributed by atoms with Crippen molar-refractivity contribution in [2.75, 3.05) is 5.32 Å². The SMILES string of the molecule is Cc1c(-c2cc(C(F)(F)F)nc3sc(C(N)=O)c(NC(=O)C(C)n4cc(Br)cn4)c23)cnn1C. The fraction of sp³-hybridized carbons (Fsp3) is 0.250. The number of thiophene rings is 1. The highest BCUT2D eigenvalue weighted by molar-refractivity contribution is 9.10. The standard InChI is InChI=1S/C20H17BrF3N7O2S/c1-8-12(6-26-30(8)3)11-4-13(20(22,23)24)28-19-14(11)15(16(34-19)17(25)32)29-18(33)9(2)31-7-10(21)5-27-31/h4-7,9H,1-3H3,(H2,25,32)(H,29,33). The minimum absolute atomic E-state index is 0.00458. The lowest BCUT2D eigenvalue weighted by Crippen LogP contribution is -2.25. The molecule has 4 aromatic rings. The van der Waals surface area contributed by atoms with E-state index in [0.717, 1.165) is 6.07 Å². The largest absolute Gasteiger partial charge is 0.433 e. The van der Waals surface area contributed by atoms with Crippen molar-refractivity contribution >= 4 is 55.0 Å². The van der Waals surface area contributed by atoms with Crippen LogP contribution in [0.4, 0.5) is 18.9 Å². The van der Waals surface area contributed by atoms with E-state index in [0.29, 0.717) is 27.1 Å². The van der Waals surface area contributed by atoms with Gasteiger partial charge in [-0.1, -0.05) is 0 Å². The van der Waals surface area contributed by atoms with Gasteiger partial charge in [0.05, 0.1) is 22.6 Å². The van der Waals surface area contributed by atoms with Crippen LogP contribution in [0, 0.1) is 6.92 Å². The smallest absolute Gasteiger partial charge is 0.365 e. The molecule has 0 spiro atoms. The summed E-state index contributed by atoms with van der Waals surface area (Å²) in [6, 6.07) is 0.0843. The Balaban J connectivity index is 1.95. The normalized spacial score (nSPS) is 12.8. The van der Waals surface area contributed by atoms with Gasteiger partial charge in [0.2, 0.25) is 5.91 Å². The molecule has 0 aliphatic heterocycles. The highest BCUT2D eigenvalue weighted by Crippen LogP contribution is 2.44. The quantitative estimate of drug-likeness (QED) is 0.380. The average Bonchev–Trinajstić information content (AvgIpc) is 3.44. The summed E-state index contributed by atoms with van der Waals surface area (Å²) >= 11 is 3.94. The van der Waals surface area contributed by atoms with E-state index in [2.05, 4.69) is 36.4 Å². The highest BCUT2D eigenvalue weighted by Gasteiger charge is 2.35. The molecule has 0 saturated carbocycles. The molecule has 0 saturated heterocycles. The number of nitrogens with two attached hydrogens (primary N) is 1. The number of aryl methyl sites for hydroxylation is 1. The van der Waals surface area contributed by atoms with Crippen LogP contribution in [-0.2, 0) is 18.0 Å². The molecule has 1 atom stereocenters. The second-order valence-electron chi connectivity index (χ2n) is 7.47. The maximum atomic E-state index is 13.6. The van der Waals surface area contributed by atoms with Gasteiger partial charge in [-0.25, -0.2) is 4.98 Å². The monoisotopic (exact) mass is 555 g/mol. The first-order valence-corrected chi connectivity index (χ1v) is 11.3. The highest BCUT2D eigenvalue weighted by atomic mass is 79.9. The van der Waals surface area contributed by atoms with E-state index in [-0.39, 0.29) is 26.3 Å². The number of aromatic nitrogens is 5. The van der Waals surface area contributed by atoms with Crippen LogP contribution in [-0.4, -0.2) is 36.4 Å². The van der Waals surface area contributed by atoms with Crippen molar-refractivity contribution in [3.05, 3.63) is 45.4 Å². The second kappa shape index (κ2) is 8.51. The van der Waals surface area contributed by atoms with Crippen molar-refractivity contribution in [1.29, 1.82) is 0 Å². The summed E-state index contributed by atoms with van der Waals surface area (Å²) in [6.45, 7) is 3.28. The molecule has 14 heteroatoms. The topological polar surface area (TPSA) is 121 Å². The number of carbonyl (C=O) groups excluding carboxylic acids is 2. The van der Waals surface area contributed by atoms with Crippen LogP contribution in [0.25, 0.3) is 21.3 Å². The molecule has 1 unspecified atom stereocenters. The maximum Gasteiger partial charge on any atom is 0.433 e. The number of carbonyl (C=O) groups is 2. The van der Waals surface area contributed by atoms with E-state index < -0.39 is 29.7 Å². The fourth-order valence-corrected chi connectivity index (χ4v) is 4.69. The van der Waals surface area contributed by atoms with Crippen LogP contribution < -0.4 is 11.1 Å². The van der Waals surface area contributed by atoms with Crippen LogP contribution in [0.15, 0.2) is 29.1 Å². The molecule has 0 aromatic carbocycles. The van der Waals surface area contributed by atoms with Crippen LogP contribution in [0.5, 0.6) is 0 Å². The molecule has 0 fully saturated rings. The number of hydrogen-bond donors (Lipinski definition) is 2. The van der Waals surface area contributed by atoms with Gasteiger partial charge < -0.3 is 11.1 Å². The van der Waals surface area contributed by atoms with Crippen molar-refractivity contribution in [3.63, 3.8) is 0 Å². The molecule has 3 N–H and O–H groups in total. The Labute approximate surface area is 202 Å². The van der Waals surface area contributed by atoms with Gasteiger partial charge in [-0.15, -0.1) is 11.3 Å². The zero-order chi connectivity index (χ0) is 24.9. The Bertz CT molecular complexity index is 1440. The molecule has 0 radical (unpaired) electrons. The molecule has 34 heavy (non-hydrogen) atoms. The van der Waals surface area contributed by atoms with E-state index in [1.807, 2.05) is 0 Å². The fourth-order valence-electron chi connectivity index (χ4n) is 3.39. The summed E-state index contributed by atoms with van der Waals surface area (Å²) in [4.78, 5) is 28.8. The van der Waals surface area contributed by atoms with Crippen LogP contribution >= 0.6 is 27.3 Å². The van der Waals surface area contributed by atoms with Crippen LogP contribution in [0.3, 0.4) is 0 Å². The Morgan fingerprint density at radius 2 is 1.94 bits per heavy atom. The Kier molecular flexibility index (Phi) is 5.97. The third-order valence-corrected chi connectivity index (χ3v) is 6.80. The van der Waals surface area contributed by atoms with E-state index in [9.17, 15) is 22.8 Å². The van der Waals surface area contributed by atoms with Gasteiger partial charge >= 0.3 is 6.18 Å². The number of fused-ring (bicyclic) bond motifs is 1. The lowest BCUT2D eigenvalue weighted by atomic mass is 10.0. The van der Waals surface area contributed by atoms with E-state index >= 15 is 0 Å². The molecule has 4 rings (SSSR count). The Morgan fingerprint density at radius 3 is 2.47 bits per heavy atom. The van der Waals surface area contributed by atoms with Crippen molar-refractivity contribution in [2.45, 2.75) is 26.1 Å². The molecule has 0 aliphatic rings. The van der Waals surface area contributed by atoms with Crippen LogP contribution in [0.2, 0.25) is 0 Å². The summed E-state index contributed by atoms with van der Waals surface area (Å²) in [7, 11) is 1.65. The average molecular weight is 556 g/mol. The summed E-state index contributed by atoms with van der Waals surface area (Å²) in [6.07, 6.45) is -0.222. The molecule has 9 nitrogen and oxygen atoms in total. The van der Waals surface area contributed by atoms with Crippen molar-refractivity contribution in [1.82, 2.24) is 24.5 Å². The first kappa shape index (κ1) is 23.9. The minimum atomic E-state index is -4.73. The number of rotatable bonds is 5. The summed E-state index contributed by atoms with van der Waals surface area (Å²) < 4.78 is 44.5. The lowest BCUT2D eigenvalue weighted by Gasteiger charge is -2.15. The first-order valence-electron chi connectivity index (χ1n) is 9.72. The van der Waals surface area contributed by atoms with Crippen LogP contribution in [0.1, 0.15) is 34.0 Å². The molecule has 4 aromatic heterocycles. The maximum absolute atomic E-state index is 13.6. The third-order valence-electron chi connectivity index (χ3n) is 5.30. The molecule has 178 valence electrons. The third kappa shape index (κ3) is 4.18. The van der Waals surface area contributed by atoms with Gasteiger partial charge in [0.25, 0.3) is 5.91 Å². The van der Waals surface area contributed by atoms with E-state index in [1.165, 1.54) is 21.8 Å². The zero-order valence-corrected chi connectivity index (χ0v) is 20.3. The lowest BCUT2D eigenvalue weighted by molar-refractivity contribution is -0.140. The zero-order valence-electron chi connectivity index (χ0n) is 17.9. The Hall–Kier alpha value is -3.26. The summed E-state index contributed by atoms with van der Waals surface area (Å²) in [5, 5.41) is 11.0. The van der Waals surface area contributed by atoms with Crippen molar-refractivity contribution in [3.8, 4) is 11.1 Å². The molecule has 2 amide bonds. The first-order chi connectivity index (χ1) is 15.9. The number of nitrogens with one attached hydrogen (secondary N) is 1. The van der Waals surface area contributed by atoms with Gasteiger partial charge in [-0.3, -0.25) is 19.0 Å². The minimum Gasteiger partial charge on any atom is -0.365 e. The number of hydrogen-bond acceptors (Lipinski definition) is 6. The van der Waals surface area contributed by atoms with E-state index in [1.54, 1.807) is 27.1 Å². The van der Waals surface area contributed by atoms with Gasteiger partial charge in [0.15, 0.2) is 0 Å². The molecule has 4 heterocycles. The predicted octanol–water partition coefficient (Wildman–Crippen LogP) is 4.28. The van der Waals surface area contributed by atoms with Crippen molar-refractivity contribution < 1.29 is 22.8 Å². The second-order valence-corrected chi connectivity index (χ2v) is 9.39. The Morgan fingerprint density at radius 1 is 1.24 bits per heavy atom. The van der Waals surface area contributed by atoms with Gasteiger partial charge in [0.1, 0.15) is 21.4 Å². The summed E-state index contributed by atoms with van der Waals surface area (Å²) in [5.41, 5.74) is 5.48. The predicted molar refractivity (Wildman–Crippen MR) is 123 cm³/mol. The number of pyridine rings is 1. The summed E-state index contributed by atoms with van der Waals surface area (Å²) in [5.74, 6) is -1.46. The molecule has 0 aliphatic carbocycles. The van der Waals surface area contributed by atoms with Gasteiger partial charge in [-0.2, -0.15) is 23.4 Å². The van der Waals surface area contributed by atoms with Gasteiger partial charge in [-0.05, 0) is 41.4 Å². The molecular weight excluding hydrogens is 539 g/mol. The van der Waals surface area contributed by atoms with Gasteiger partial charge in [0, 0.05) is 29.9 Å². The number of anilines is 1. The number of alkyl halides is 3.